The van der Waals surface area contributed by atoms with Crippen molar-refractivity contribution in [2.24, 2.45) is 0 Å². The molecule has 0 aliphatic carbocycles. The average Bonchev–Trinajstić information content (AvgIpc) is 1.61. The molecule has 0 bridgehead atoms. The van der Waals surface area contributed by atoms with E-state index in [1.54, 1.807) is 0 Å². The van der Waals surface area contributed by atoms with Gasteiger partial charge in [0.2, 0.25) is 0 Å². The molecule has 1 N–H and O–H groups in total. The third kappa shape index (κ3) is 6.49. The summed E-state index contributed by atoms with van der Waals surface area (Å²) in [5.41, 5.74) is 0. The lowest BCUT2D eigenvalue weighted by Crippen LogP contribution is -2.07. The zero-order valence-corrected chi connectivity index (χ0v) is 6.52. The van der Waals surface area contributed by atoms with Crippen LogP contribution in [0, 0.1) is 0 Å². The second kappa shape index (κ2) is 4.64. The SMILES string of the molecule is C[SiH](C)COSO. The van der Waals surface area contributed by atoms with Crippen molar-refractivity contribution in [2.45, 2.75) is 13.1 Å². The van der Waals surface area contributed by atoms with Crippen LogP contribution in [0.5, 0.6) is 0 Å². The summed E-state index contributed by atoms with van der Waals surface area (Å²) in [4.78, 5) is 0. The van der Waals surface area contributed by atoms with E-state index in [1.807, 2.05) is 0 Å². The van der Waals surface area contributed by atoms with Crippen molar-refractivity contribution < 1.29 is 8.74 Å². The first kappa shape index (κ1) is 7.49. The van der Waals surface area contributed by atoms with Gasteiger partial charge in [-0.15, -0.1) is 0 Å². The molecule has 0 atom stereocenters. The molecule has 7 heavy (non-hydrogen) atoms. The average molecular weight is 138 g/mol. The molecule has 0 saturated heterocycles. The first-order valence-corrected chi connectivity index (χ1v) is 6.03. The van der Waals surface area contributed by atoms with Crippen LogP contribution >= 0.6 is 12.3 Å². The molecule has 2 nitrogen and oxygen atoms in total. The maximum Gasteiger partial charge on any atom is 0.155 e. The largest absolute Gasteiger partial charge is 0.307 e. The summed E-state index contributed by atoms with van der Waals surface area (Å²) in [6.07, 6.45) is 0.751. The summed E-state index contributed by atoms with van der Waals surface area (Å²) in [5, 5.41) is 0. The first-order chi connectivity index (χ1) is 3.27. The molecule has 0 heterocycles. The van der Waals surface area contributed by atoms with Crippen LogP contribution in [0.15, 0.2) is 0 Å². The highest BCUT2D eigenvalue weighted by Gasteiger charge is 1.92. The molecule has 0 fully saturated rings. The van der Waals surface area contributed by atoms with E-state index in [2.05, 4.69) is 17.3 Å². The highest BCUT2D eigenvalue weighted by Crippen LogP contribution is 1.93. The molecule has 0 spiro atoms. The van der Waals surface area contributed by atoms with E-state index in [0.29, 0.717) is 12.3 Å². The molecule has 44 valence electrons. The molecule has 4 heteroatoms. The molecular weight excluding hydrogens is 128 g/mol. The van der Waals surface area contributed by atoms with Crippen LogP contribution in [0.3, 0.4) is 0 Å². The van der Waals surface area contributed by atoms with Gasteiger partial charge in [-0.3, -0.25) is 4.18 Å². The molecule has 0 aromatic heterocycles. The van der Waals surface area contributed by atoms with Gasteiger partial charge in [0.1, 0.15) is 0 Å². The Labute approximate surface area is 49.9 Å². The van der Waals surface area contributed by atoms with Crippen molar-refractivity contribution in [1.82, 2.24) is 0 Å². The smallest absolute Gasteiger partial charge is 0.155 e. The zero-order chi connectivity index (χ0) is 5.70. The van der Waals surface area contributed by atoms with Gasteiger partial charge in [-0.1, -0.05) is 13.1 Å². The molecule has 0 aromatic rings. The van der Waals surface area contributed by atoms with E-state index in [9.17, 15) is 0 Å². The minimum Gasteiger partial charge on any atom is -0.307 e. The topological polar surface area (TPSA) is 29.5 Å². The van der Waals surface area contributed by atoms with Crippen LogP contribution in [0.1, 0.15) is 0 Å². The van der Waals surface area contributed by atoms with Gasteiger partial charge in [0.25, 0.3) is 0 Å². The highest BCUT2D eigenvalue weighted by molar-refractivity contribution is 7.88. The van der Waals surface area contributed by atoms with Gasteiger partial charge in [0.15, 0.2) is 12.3 Å². The predicted molar refractivity (Wildman–Crippen MR) is 35.0 cm³/mol. The Hall–Kier alpha value is 0.487. The Morgan fingerprint density at radius 2 is 2.29 bits per heavy atom. The zero-order valence-electron chi connectivity index (χ0n) is 4.55. The van der Waals surface area contributed by atoms with Gasteiger partial charge in [0, 0.05) is 0 Å². The Bertz CT molecular complexity index is 41.9. The predicted octanol–water partition coefficient (Wildman–Crippen LogP) is 1.15. The molecule has 0 amide bonds. The molecule has 0 rings (SSSR count). The van der Waals surface area contributed by atoms with Gasteiger partial charge in [-0.25, -0.2) is 0 Å². The van der Waals surface area contributed by atoms with Crippen LogP contribution in [-0.4, -0.2) is 19.6 Å². The lowest BCUT2D eigenvalue weighted by molar-refractivity contribution is 0.406. The normalized spacial score (nSPS) is 10.3. The Balaban J connectivity index is 2.68. The lowest BCUT2D eigenvalue weighted by Gasteiger charge is -1.96. The second-order valence-corrected chi connectivity index (χ2v) is 5.26. The summed E-state index contributed by atoms with van der Waals surface area (Å²) in [6.45, 7) is 4.33. The number of rotatable bonds is 3. The van der Waals surface area contributed by atoms with Crippen LogP contribution in [-0.2, 0) is 4.18 Å². The quantitative estimate of drug-likeness (QED) is 0.468. The minimum absolute atomic E-state index is 0.465. The Morgan fingerprint density at radius 1 is 1.71 bits per heavy atom. The third-order valence-corrected chi connectivity index (χ3v) is 1.77. The summed E-state index contributed by atoms with van der Waals surface area (Å²) in [6, 6.07) is 0. The third-order valence-electron chi connectivity index (χ3n) is 0.454. The van der Waals surface area contributed by atoms with Crippen molar-refractivity contribution in [3.8, 4) is 0 Å². The van der Waals surface area contributed by atoms with Crippen molar-refractivity contribution in [3.05, 3.63) is 0 Å². The van der Waals surface area contributed by atoms with Gasteiger partial charge in [0.05, 0.1) is 15.0 Å². The van der Waals surface area contributed by atoms with E-state index in [4.69, 9.17) is 4.55 Å². The molecule has 0 aromatic carbocycles. The fourth-order valence-electron chi connectivity index (χ4n) is 0.167. The van der Waals surface area contributed by atoms with Crippen molar-refractivity contribution >= 4 is 21.1 Å². The highest BCUT2D eigenvalue weighted by atomic mass is 32.2. The van der Waals surface area contributed by atoms with Gasteiger partial charge in [-0.05, 0) is 0 Å². The van der Waals surface area contributed by atoms with E-state index < -0.39 is 8.80 Å². The van der Waals surface area contributed by atoms with Gasteiger partial charge >= 0.3 is 0 Å². The second-order valence-electron chi connectivity index (χ2n) is 1.75. The van der Waals surface area contributed by atoms with Gasteiger partial charge < -0.3 is 4.55 Å². The standard InChI is InChI=1S/C3H10O2SSi/c1-7(2)3-5-6-4/h4,7H,3H2,1-2H3. The maximum absolute atomic E-state index is 8.03. The van der Waals surface area contributed by atoms with Crippen molar-refractivity contribution in [1.29, 1.82) is 0 Å². The van der Waals surface area contributed by atoms with Crippen LogP contribution < -0.4 is 0 Å². The van der Waals surface area contributed by atoms with E-state index >= 15 is 0 Å². The summed E-state index contributed by atoms with van der Waals surface area (Å²) < 4.78 is 12.7. The first-order valence-electron chi connectivity index (χ1n) is 2.20. The molecule has 0 radical (unpaired) electrons. The van der Waals surface area contributed by atoms with Crippen LogP contribution in [0.2, 0.25) is 13.1 Å². The maximum atomic E-state index is 8.03. The van der Waals surface area contributed by atoms with Crippen molar-refractivity contribution in [2.75, 3.05) is 6.23 Å². The fourth-order valence-corrected chi connectivity index (χ4v) is 1.50. The number of hydrogen-bond acceptors (Lipinski definition) is 3. The molecule has 0 aliphatic heterocycles. The van der Waals surface area contributed by atoms with E-state index in [-0.39, 0.29) is 0 Å². The summed E-state index contributed by atoms with van der Waals surface area (Å²) >= 11 is 0.465. The number of hydrogen-bond donors (Lipinski definition) is 1. The lowest BCUT2D eigenvalue weighted by atomic mass is 11.7. The Morgan fingerprint density at radius 3 is 2.43 bits per heavy atom. The van der Waals surface area contributed by atoms with E-state index in [0.717, 1.165) is 6.23 Å². The Kier molecular flexibility index (Phi) is 4.96. The van der Waals surface area contributed by atoms with Crippen LogP contribution in [0.4, 0.5) is 0 Å². The molecule has 0 saturated carbocycles. The molecular formula is C3H10O2SSi. The van der Waals surface area contributed by atoms with Crippen LogP contribution in [0.25, 0.3) is 0 Å². The van der Waals surface area contributed by atoms with E-state index in [1.165, 1.54) is 0 Å². The van der Waals surface area contributed by atoms with Crippen molar-refractivity contribution in [3.63, 3.8) is 0 Å². The minimum atomic E-state index is -0.591. The molecule has 0 unspecified atom stereocenters. The summed E-state index contributed by atoms with van der Waals surface area (Å²) in [7, 11) is -0.591. The summed E-state index contributed by atoms with van der Waals surface area (Å²) in [5.74, 6) is 0. The molecule has 0 aliphatic rings. The fraction of sp³-hybridized carbons (Fsp3) is 1.00. The van der Waals surface area contributed by atoms with Gasteiger partial charge in [-0.2, -0.15) is 0 Å². The monoisotopic (exact) mass is 138 g/mol.